The minimum absolute atomic E-state index is 0.0154. The second kappa shape index (κ2) is 9.28. The van der Waals surface area contributed by atoms with E-state index in [1.807, 2.05) is 0 Å². The van der Waals surface area contributed by atoms with Gasteiger partial charge in [-0.1, -0.05) is 0 Å². The average Bonchev–Trinajstić information content (AvgIpc) is 2.90. The molecule has 0 saturated carbocycles. The number of ether oxygens (including phenoxy) is 1. The van der Waals surface area contributed by atoms with Crippen molar-refractivity contribution in [2.45, 2.75) is 0 Å². The van der Waals surface area contributed by atoms with Gasteiger partial charge in [0.1, 0.15) is 58.9 Å². The molecule has 6 rings (SSSR count). The number of benzene rings is 4. The fourth-order valence-corrected chi connectivity index (χ4v) is 4.40. The van der Waals surface area contributed by atoms with Crippen LogP contribution in [0.15, 0.2) is 97.3 Å². The van der Waals surface area contributed by atoms with E-state index in [0.29, 0.717) is 11.1 Å². The van der Waals surface area contributed by atoms with Gasteiger partial charge in [0.05, 0.1) is 5.39 Å². The van der Waals surface area contributed by atoms with Crippen LogP contribution in [-0.2, 0) is 0 Å². The van der Waals surface area contributed by atoms with Crippen LogP contribution in [0.3, 0.4) is 0 Å². The summed E-state index contributed by atoms with van der Waals surface area (Å²) in [4.78, 5) is 25.5. The molecule has 0 aliphatic heterocycles. The number of phenols is 4. The molecule has 0 fully saturated rings. The van der Waals surface area contributed by atoms with Gasteiger partial charge in [-0.05, 0) is 54.0 Å². The predicted molar refractivity (Wildman–Crippen MR) is 148 cm³/mol. The Kier molecular flexibility index (Phi) is 5.73. The largest absolute Gasteiger partial charge is 0.508 e. The summed E-state index contributed by atoms with van der Waals surface area (Å²) in [6, 6.07) is 18.3. The molecular weight excluding hydrogens is 515 g/mol. The van der Waals surface area contributed by atoms with Crippen molar-refractivity contribution in [3.8, 4) is 57.1 Å². The summed E-state index contributed by atoms with van der Waals surface area (Å²) in [5.41, 5.74) is 0.0441. The molecule has 10 heteroatoms. The van der Waals surface area contributed by atoms with Gasteiger partial charge in [-0.25, -0.2) is 0 Å². The Labute approximate surface area is 225 Å². The summed E-state index contributed by atoms with van der Waals surface area (Å²) >= 11 is 0. The topological polar surface area (TPSA) is 151 Å². The lowest BCUT2D eigenvalue weighted by Gasteiger charge is -2.14. The summed E-state index contributed by atoms with van der Waals surface area (Å²) in [6.07, 6.45) is 0. The van der Waals surface area contributed by atoms with E-state index < -0.39 is 16.6 Å². The van der Waals surface area contributed by atoms with E-state index >= 15 is 0 Å². The number of hydrogen-bond donors (Lipinski definition) is 4. The number of hydrogen-bond acceptors (Lipinski definition) is 9. The van der Waals surface area contributed by atoms with Crippen LogP contribution < -0.4 is 21.1 Å². The molecule has 4 aromatic carbocycles. The molecule has 40 heavy (non-hydrogen) atoms. The first-order chi connectivity index (χ1) is 19.2. The molecule has 0 aliphatic rings. The van der Waals surface area contributed by atoms with Crippen LogP contribution in [0, 0.1) is 0 Å². The summed E-state index contributed by atoms with van der Waals surface area (Å²) in [6.45, 7) is 0. The maximum absolute atomic E-state index is 12.9. The minimum Gasteiger partial charge on any atom is -0.508 e. The normalized spacial score (nSPS) is 11.2. The lowest BCUT2D eigenvalue weighted by Crippen LogP contribution is -2.16. The van der Waals surface area contributed by atoms with Gasteiger partial charge in [0.25, 0.3) is 0 Å². The van der Waals surface area contributed by atoms with Gasteiger partial charge in [0.15, 0.2) is 22.4 Å². The maximum Gasteiger partial charge on any atom is 0.197 e. The quantitative estimate of drug-likeness (QED) is 0.238. The highest BCUT2D eigenvalue weighted by atomic mass is 16.5. The fourth-order valence-electron chi connectivity index (χ4n) is 4.40. The van der Waals surface area contributed by atoms with Crippen LogP contribution in [0.4, 0.5) is 0 Å². The molecule has 2 aromatic heterocycles. The zero-order valence-electron chi connectivity index (χ0n) is 20.4. The van der Waals surface area contributed by atoms with Crippen molar-refractivity contribution in [3.05, 3.63) is 99.3 Å². The SMILES string of the molecule is [B]c1c(Oc2ccc(-c3cc(=O)c4c(O)cc(O)cc4o3)cc2)c(O)cc2oc(-c3ccc(O)cc3)cc(=O)c12. The van der Waals surface area contributed by atoms with Gasteiger partial charge in [0.2, 0.25) is 0 Å². The van der Waals surface area contributed by atoms with Crippen LogP contribution in [0.5, 0.6) is 34.5 Å². The second-order valence-corrected chi connectivity index (χ2v) is 8.97. The summed E-state index contributed by atoms with van der Waals surface area (Å²) in [5, 5.41) is 39.8. The Morgan fingerprint density at radius 2 is 1.15 bits per heavy atom. The number of fused-ring (bicyclic) bond motifs is 2. The molecule has 0 bridgehead atoms. The van der Waals surface area contributed by atoms with Crippen molar-refractivity contribution in [3.63, 3.8) is 0 Å². The summed E-state index contributed by atoms with van der Waals surface area (Å²) < 4.78 is 17.3. The molecule has 0 saturated heterocycles. The first-order valence-electron chi connectivity index (χ1n) is 11.8. The van der Waals surface area contributed by atoms with Gasteiger partial charge < -0.3 is 34.0 Å². The number of aromatic hydroxyl groups is 4. The fraction of sp³-hybridized carbons (Fsp3) is 0. The van der Waals surface area contributed by atoms with E-state index in [9.17, 15) is 30.0 Å². The van der Waals surface area contributed by atoms with Crippen molar-refractivity contribution in [1.82, 2.24) is 0 Å². The van der Waals surface area contributed by atoms with Crippen LogP contribution in [0.25, 0.3) is 44.6 Å². The molecular formula is C30H17BO9. The third kappa shape index (κ3) is 4.27. The molecule has 2 heterocycles. The molecule has 0 unspecified atom stereocenters. The van der Waals surface area contributed by atoms with Gasteiger partial charge in [-0.3, -0.25) is 9.59 Å². The van der Waals surface area contributed by atoms with E-state index in [1.165, 1.54) is 36.4 Å². The molecule has 6 aromatic rings. The van der Waals surface area contributed by atoms with E-state index in [2.05, 4.69) is 0 Å². The first-order valence-corrected chi connectivity index (χ1v) is 11.8. The predicted octanol–water partition coefficient (Wildman–Crippen LogP) is 4.64. The minimum atomic E-state index is -0.490. The molecule has 0 amide bonds. The van der Waals surface area contributed by atoms with E-state index in [1.54, 1.807) is 36.4 Å². The van der Waals surface area contributed by atoms with Crippen molar-refractivity contribution in [1.29, 1.82) is 0 Å². The van der Waals surface area contributed by atoms with Crippen molar-refractivity contribution < 1.29 is 34.0 Å². The van der Waals surface area contributed by atoms with E-state index in [-0.39, 0.29) is 67.7 Å². The maximum atomic E-state index is 12.9. The standard InChI is InChI=1S/C30H17BO9/c31-29-28-21(36)12-24(14-1-5-16(32)6-2-14)40-26(28)13-22(37)30(29)38-18-7-3-15(4-8-18)23-11-20(35)27-19(34)9-17(33)10-25(27)39-23/h1-13,32-34,37H. The molecule has 9 nitrogen and oxygen atoms in total. The Balaban J connectivity index is 1.34. The summed E-state index contributed by atoms with van der Waals surface area (Å²) in [5.74, 6) is -0.423. The van der Waals surface area contributed by atoms with E-state index in [4.69, 9.17) is 21.4 Å². The molecule has 0 atom stereocenters. The van der Waals surface area contributed by atoms with Crippen molar-refractivity contribution >= 4 is 35.2 Å². The first kappa shape index (κ1) is 24.7. The Morgan fingerprint density at radius 3 is 1.77 bits per heavy atom. The lowest BCUT2D eigenvalue weighted by atomic mass is 9.90. The van der Waals surface area contributed by atoms with E-state index in [0.717, 1.165) is 6.07 Å². The molecule has 0 aliphatic carbocycles. The highest BCUT2D eigenvalue weighted by Gasteiger charge is 2.18. The summed E-state index contributed by atoms with van der Waals surface area (Å²) in [7, 11) is 6.22. The Hall–Kier alpha value is -5.64. The van der Waals surface area contributed by atoms with Crippen LogP contribution in [0.1, 0.15) is 0 Å². The zero-order valence-corrected chi connectivity index (χ0v) is 20.4. The van der Waals surface area contributed by atoms with Crippen molar-refractivity contribution in [2.75, 3.05) is 0 Å². The van der Waals surface area contributed by atoms with Gasteiger partial charge in [-0.15, -0.1) is 0 Å². The molecule has 0 spiro atoms. The highest BCUT2D eigenvalue weighted by Crippen LogP contribution is 2.35. The van der Waals surface area contributed by atoms with Gasteiger partial charge in [0, 0.05) is 41.5 Å². The lowest BCUT2D eigenvalue weighted by molar-refractivity contribution is 0.414. The smallest absolute Gasteiger partial charge is 0.197 e. The van der Waals surface area contributed by atoms with Crippen LogP contribution in [0.2, 0.25) is 0 Å². The monoisotopic (exact) mass is 532 g/mol. The van der Waals surface area contributed by atoms with Crippen LogP contribution >= 0.6 is 0 Å². The average molecular weight is 532 g/mol. The third-order valence-corrected chi connectivity index (χ3v) is 6.29. The molecule has 194 valence electrons. The Bertz CT molecular complexity index is 2060. The highest BCUT2D eigenvalue weighted by molar-refractivity contribution is 6.41. The third-order valence-electron chi connectivity index (χ3n) is 6.29. The van der Waals surface area contributed by atoms with Gasteiger partial charge in [-0.2, -0.15) is 0 Å². The Morgan fingerprint density at radius 1 is 0.600 bits per heavy atom. The number of rotatable bonds is 4. The van der Waals surface area contributed by atoms with Crippen molar-refractivity contribution in [2.24, 2.45) is 0 Å². The van der Waals surface area contributed by atoms with Crippen LogP contribution in [-0.4, -0.2) is 28.3 Å². The molecule has 4 N–H and O–H groups in total. The van der Waals surface area contributed by atoms with Gasteiger partial charge >= 0.3 is 0 Å². The molecule has 2 radical (unpaired) electrons. The zero-order chi connectivity index (χ0) is 28.1. The second-order valence-electron chi connectivity index (χ2n) is 8.97. The number of phenolic OH excluding ortho intramolecular Hbond substituents is 4.